The minimum atomic E-state index is -2.54. The molecule has 1 saturated heterocycles. The highest BCUT2D eigenvalue weighted by molar-refractivity contribution is 5.83. The minimum Gasteiger partial charge on any atom is -0.463 e. The van der Waals surface area contributed by atoms with Crippen LogP contribution in [0.4, 0.5) is 26.7 Å². The molecule has 6 atom stereocenters. The number of nitrogens with one attached hydrogen (secondary N) is 2. The summed E-state index contributed by atoms with van der Waals surface area (Å²) in [5.74, 6) is -20.2. The summed E-state index contributed by atoms with van der Waals surface area (Å²) in [6.07, 6.45) is -7.84. The van der Waals surface area contributed by atoms with E-state index in [0.717, 1.165) is 49.9 Å². The molecule has 20 heteroatoms. The Morgan fingerprint density at radius 1 is 0.690 bits per heavy atom. The summed E-state index contributed by atoms with van der Waals surface area (Å²) in [5.41, 5.74) is 3.36. The lowest BCUT2D eigenvalue weighted by Crippen LogP contribution is -2.67. The smallest absolute Gasteiger partial charge is 0.407 e. The molecule has 310 valence electrons. The van der Waals surface area contributed by atoms with E-state index in [1.165, 1.54) is 0 Å². The Labute approximate surface area is 326 Å². The van der Waals surface area contributed by atoms with Crippen molar-refractivity contribution < 1.29 is 83.9 Å². The number of hydrogen-bond donors (Lipinski definition) is 2. The third-order valence-corrected chi connectivity index (χ3v) is 8.79. The van der Waals surface area contributed by atoms with Crippen molar-refractivity contribution in [2.24, 2.45) is 0 Å². The molecule has 1 heterocycles. The average Bonchev–Trinajstić information content (AvgIpc) is 3.49. The van der Waals surface area contributed by atoms with Gasteiger partial charge in [0.05, 0.1) is 6.61 Å². The van der Waals surface area contributed by atoms with Crippen molar-refractivity contribution in [3.05, 3.63) is 88.7 Å². The summed E-state index contributed by atoms with van der Waals surface area (Å²) in [4.78, 5) is 75.1. The number of carbonyl (C=O) groups is 6. The fourth-order valence-electron chi connectivity index (χ4n) is 6.42. The normalized spacial score (nSPS) is 20.1. The Kier molecular flexibility index (Phi) is 13.6. The van der Waals surface area contributed by atoms with E-state index in [2.05, 4.69) is 15.4 Å². The Balaban J connectivity index is 1.44. The van der Waals surface area contributed by atoms with Crippen molar-refractivity contribution in [3.63, 3.8) is 0 Å². The van der Waals surface area contributed by atoms with Gasteiger partial charge in [-0.15, -0.1) is 0 Å². The summed E-state index contributed by atoms with van der Waals surface area (Å²) in [7, 11) is 0. The van der Waals surface area contributed by atoms with Crippen LogP contribution in [0.3, 0.4) is 0 Å². The van der Waals surface area contributed by atoms with E-state index in [4.69, 9.17) is 28.4 Å². The van der Waals surface area contributed by atoms with E-state index < -0.39 is 127 Å². The molecule has 15 nitrogen and oxygen atoms in total. The van der Waals surface area contributed by atoms with Crippen LogP contribution in [0, 0.1) is 29.1 Å². The number of halogens is 5. The van der Waals surface area contributed by atoms with Gasteiger partial charge in [-0.3, -0.25) is 19.2 Å². The molecular weight excluding hydrogens is 787 g/mol. The van der Waals surface area contributed by atoms with Crippen molar-refractivity contribution in [3.8, 4) is 16.9 Å². The van der Waals surface area contributed by atoms with Gasteiger partial charge in [-0.05, 0) is 22.3 Å². The predicted octanol–water partition coefficient (Wildman–Crippen LogP) is 3.87. The summed E-state index contributed by atoms with van der Waals surface area (Å²) in [6, 6.07) is 10.8. The van der Waals surface area contributed by atoms with Crippen LogP contribution in [0.25, 0.3) is 11.1 Å². The van der Waals surface area contributed by atoms with Crippen LogP contribution in [0.5, 0.6) is 5.75 Å². The number of esters is 4. The first kappa shape index (κ1) is 43.0. The number of amides is 2. The second kappa shape index (κ2) is 18.4. The van der Waals surface area contributed by atoms with E-state index in [1.807, 2.05) is 36.4 Å². The highest BCUT2D eigenvalue weighted by Gasteiger charge is 2.51. The molecule has 58 heavy (non-hydrogen) atoms. The lowest BCUT2D eigenvalue weighted by atomic mass is 9.96. The Morgan fingerprint density at radius 2 is 1.22 bits per heavy atom. The number of benzene rings is 3. The van der Waals surface area contributed by atoms with E-state index in [1.54, 1.807) is 12.1 Å². The maximum Gasteiger partial charge on any atom is 0.407 e. The number of hydrogen-bond acceptors (Lipinski definition) is 13. The fraction of sp³-hybridized carbons (Fsp3) is 0.368. The highest BCUT2D eigenvalue weighted by Crippen LogP contribution is 2.44. The van der Waals surface area contributed by atoms with Gasteiger partial charge in [0, 0.05) is 33.6 Å². The summed E-state index contributed by atoms with van der Waals surface area (Å²) in [5, 5.41) is 4.48. The first-order valence-corrected chi connectivity index (χ1v) is 17.3. The van der Waals surface area contributed by atoms with E-state index in [9.17, 15) is 50.7 Å². The minimum absolute atomic E-state index is 0.310. The zero-order chi connectivity index (χ0) is 42.4. The van der Waals surface area contributed by atoms with Crippen LogP contribution in [-0.4, -0.2) is 92.4 Å². The van der Waals surface area contributed by atoms with Gasteiger partial charge >= 0.3 is 30.0 Å². The zero-order valence-corrected chi connectivity index (χ0v) is 31.0. The molecule has 3 aromatic rings. The van der Waals surface area contributed by atoms with E-state index >= 15 is 0 Å². The van der Waals surface area contributed by atoms with Crippen LogP contribution >= 0.6 is 0 Å². The molecule has 3 aromatic carbocycles. The second-order valence-electron chi connectivity index (χ2n) is 12.9. The van der Waals surface area contributed by atoms with Crippen LogP contribution in [0.1, 0.15) is 44.7 Å². The van der Waals surface area contributed by atoms with Crippen LogP contribution in [-0.2, 0) is 52.4 Å². The van der Waals surface area contributed by atoms with Gasteiger partial charge in [0.25, 0.3) is 0 Å². The van der Waals surface area contributed by atoms with Gasteiger partial charge in [-0.2, -0.15) is 8.78 Å². The molecule has 2 aliphatic rings. The van der Waals surface area contributed by atoms with Gasteiger partial charge in [-0.25, -0.2) is 22.8 Å². The molecule has 0 radical (unpaired) electrons. The molecule has 5 rings (SSSR count). The van der Waals surface area contributed by atoms with Crippen LogP contribution in [0.2, 0.25) is 0 Å². The Bertz CT molecular complexity index is 2030. The van der Waals surface area contributed by atoms with Crippen LogP contribution in [0.15, 0.2) is 48.5 Å². The molecular formula is C38H35F5N2O13. The van der Waals surface area contributed by atoms with Gasteiger partial charge in [-0.1, -0.05) is 48.5 Å². The van der Waals surface area contributed by atoms with Crippen molar-refractivity contribution >= 4 is 35.9 Å². The van der Waals surface area contributed by atoms with Crippen molar-refractivity contribution in [2.75, 3.05) is 19.8 Å². The van der Waals surface area contributed by atoms with Crippen molar-refractivity contribution in [1.29, 1.82) is 0 Å². The number of ether oxygens (including phenoxy) is 7. The van der Waals surface area contributed by atoms with Gasteiger partial charge < -0.3 is 43.8 Å². The largest absolute Gasteiger partial charge is 0.463 e. The molecule has 0 saturated carbocycles. The lowest BCUT2D eigenvalue weighted by Gasteiger charge is -2.45. The van der Waals surface area contributed by atoms with Gasteiger partial charge in [0.1, 0.15) is 25.4 Å². The lowest BCUT2D eigenvalue weighted by molar-refractivity contribution is -0.278. The molecule has 1 aliphatic carbocycles. The van der Waals surface area contributed by atoms with Crippen molar-refractivity contribution in [2.45, 2.75) is 70.3 Å². The standard InChI is InChI=1S/C38H35F5N2O13/c1-16(46)44-32-35(56-19(4)49)33(55-18(3)48)26(15-52-17(2)47)57-37(32)53-14-25(36(50)58-34-30(42)28(40)27(39)29(41)31(34)43)45-38(51)54-13-24-22-11-7-5-9-20(22)21-10-6-8-12-23(21)24/h5-12,24-26,32-33,35,37H,13-15H2,1-4H3,(H,44,46)(H,45,51)/t25-,26+,32+,33-,35+,37-/m0/s1. The molecule has 0 aromatic heterocycles. The number of carbonyl (C=O) groups excluding carboxylic acids is 6. The molecule has 2 N–H and O–H groups in total. The molecule has 2 amide bonds. The molecule has 0 bridgehead atoms. The highest BCUT2D eigenvalue weighted by atomic mass is 19.2. The second-order valence-corrected chi connectivity index (χ2v) is 12.9. The average molecular weight is 823 g/mol. The van der Waals surface area contributed by atoms with Crippen molar-refractivity contribution in [1.82, 2.24) is 10.6 Å². The fourth-order valence-corrected chi connectivity index (χ4v) is 6.42. The monoisotopic (exact) mass is 822 g/mol. The topological polar surface area (TPSA) is 191 Å². The molecule has 0 spiro atoms. The molecule has 1 aliphatic heterocycles. The summed E-state index contributed by atoms with van der Waals surface area (Å²) < 4.78 is 108. The predicted molar refractivity (Wildman–Crippen MR) is 184 cm³/mol. The molecule has 0 unspecified atom stereocenters. The first-order chi connectivity index (χ1) is 27.5. The summed E-state index contributed by atoms with van der Waals surface area (Å²) in [6.45, 7) is 1.97. The summed E-state index contributed by atoms with van der Waals surface area (Å²) >= 11 is 0. The first-order valence-electron chi connectivity index (χ1n) is 17.3. The van der Waals surface area contributed by atoms with Gasteiger partial charge in [0.15, 0.2) is 24.5 Å². The van der Waals surface area contributed by atoms with E-state index in [0.29, 0.717) is 0 Å². The third-order valence-electron chi connectivity index (χ3n) is 8.79. The van der Waals surface area contributed by atoms with E-state index in [-0.39, 0.29) is 6.61 Å². The van der Waals surface area contributed by atoms with Crippen LogP contribution < -0.4 is 15.4 Å². The van der Waals surface area contributed by atoms with Gasteiger partial charge in [0.2, 0.25) is 40.7 Å². The number of rotatable bonds is 13. The maximum absolute atomic E-state index is 14.6. The SMILES string of the molecule is CC(=O)N[C@H]1[C@@H](OC[C@H](NC(=O)OCC2c3ccccc3-c3ccccc32)C(=O)Oc2c(F)c(F)c(F)c(F)c2F)O[C@H](COC(C)=O)[C@H](OC(C)=O)[C@@H]1OC(C)=O. The maximum atomic E-state index is 14.6. The Hall–Kier alpha value is -6.15. The Morgan fingerprint density at radius 3 is 1.76 bits per heavy atom. The third kappa shape index (κ3) is 9.68. The number of fused-ring (bicyclic) bond motifs is 3. The molecule has 1 fully saturated rings. The zero-order valence-electron chi connectivity index (χ0n) is 31.0. The quantitative estimate of drug-likeness (QED) is 0.0632. The number of alkyl carbamates (subject to hydrolysis) is 1.